The van der Waals surface area contributed by atoms with E-state index in [1.54, 1.807) is 10.3 Å². The van der Waals surface area contributed by atoms with Crippen molar-refractivity contribution in [1.29, 1.82) is 0 Å². The van der Waals surface area contributed by atoms with Crippen LogP contribution in [0.4, 0.5) is 0 Å². The van der Waals surface area contributed by atoms with Crippen LogP contribution in [0.15, 0.2) is 30.2 Å². The number of esters is 1. The molecule has 0 fully saturated rings. The number of methoxy groups -OCH3 is 1. The van der Waals surface area contributed by atoms with E-state index in [1.807, 2.05) is 0 Å². The van der Waals surface area contributed by atoms with Gasteiger partial charge in [-0.15, -0.1) is 11.3 Å². The molecule has 3 rings (SSSR count). The molecule has 3 heterocycles. The van der Waals surface area contributed by atoms with E-state index >= 15 is 0 Å². The summed E-state index contributed by atoms with van der Waals surface area (Å²) in [6, 6.07) is 0. The molecule has 0 atom stereocenters. The van der Waals surface area contributed by atoms with Crippen LogP contribution in [0.3, 0.4) is 0 Å². The van der Waals surface area contributed by atoms with Crippen molar-refractivity contribution in [2.75, 3.05) is 13.7 Å². The lowest BCUT2D eigenvalue weighted by Crippen LogP contribution is -2.36. The van der Waals surface area contributed by atoms with Gasteiger partial charge >= 0.3 is 5.97 Å². The van der Waals surface area contributed by atoms with E-state index in [1.165, 1.54) is 43.2 Å². The predicted octanol–water partition coefficient (Wildman–Crippen LogP) is 1.21. The average Bonchev–Trinajstić information content (AvgIpc) is 3.05. The number of thiophene rings is 1. The summed E-state index contributed by atoms with van der Waals surface area (Å²) in [5.41, 5.74) is 7.95. The number of aromatic nitrogens is 2. The Morgan fingerprint density at radius 1 is 1.42 bits per heavy atom. The maximum absolute atomic E-state index is 12.8. The van der Waals surface area contributed by atoms with Gasteiger partial charge in [-0.1, -0.05) is 0 Å². The van der Waals surface area contributed by atoms with Gasteiger partial charge in [0.05, 0.1) is 36.7 Å². The van der Waals surface area contributed by atoms with Gasteiger partial charge in [0.25, 0.3) is 5.91 Å². The van der Waals surface area contributed by atoms with E-state index < -0.39 is 0 Å². The Bertz CT molecular complexity index is 801. The number of nitrogens with zero attached hydrogens (tertiary/aromatic N) is 3. The lowest BCUT2D eigenvalue weighted by molar-refractivity contribution is -0.125. The van der Waals surface area contributed by atoms with Crippen molar-refractivity contribution in [2.24, 2.45) is 5.73 Å². The van der Waals surface area contributed by atoms with Gasteiger partial charge < -0.3 is 15.4 Å². The number of amides is 1. The lowest BCUT2D eigenvalue weighted by Gasteiger charge is -2.28. The fourth-order valence-electron chi connectivity index (χ4n) is 2.66. The molecule has 2 N–H and O–H groups in total. The van der Waals surface area contributed by atoms with Crippen molar-refractivity contribution in [3.8, 4) is 0 Å². The van der Waals surface area contributed by atoms with Crippen molar-refractivity contribution in [1.82, 2.24) is 14.9 Å². The minimum Gasteiger partial charge on any atom is -0.465 e. The summed E-state index contributed by atoms with van der Waals surface area (Å²) in [5, 5.41) is 1.78. The van der Waals surface area contributed by atoms with Gasteiger partial charge in [-0.05, 0) is 12.0 Å². The van der Waals surface area contributed by atoms with E-state index in [0.717, 1.165) is 10.4 Å². The molecule has 124 valence electrons. The molecule has 2 aromatic rings. The second kappa shape index (κ2) is 6.79. The zero-order valence-electron chi connectivity index (χ0n) is 13.1. The van der Waals surface area contributed by atoms with Crippen LogP contribution in [0.2, 0.25) is 0 Å². The minimum atomic E-state index is -0.339. The van der Waals surface area contributed by atoms with Crippen LogP contribution in [0.5, 0.6) is 0 Å². The zero-order chi connectivity index (χ0) is 17.1. The number of hydrogen-bond acceptors (Lipinski definition) is 7. The zero-order valence-corrected chi connectivity index (χ0v) is 13.9. The molecule has 0 aromatic carbocycles. The Kier molecular flexibility index (Phi) is 4.57. The monoisotopic (exact) mass is 344 g/mol. The van der Waals surface area contributed by atoms with Gasteiger partial charge in [-0.3, -0.25) is 14.8 Å². The summed E-state index contributed by atoms with van der Waals surface area (Å²) < 4.78 is 4.79. The molecule has 8 heteroatoms. The quantitative estimate of drug-likeness (QED) is 0.664. The predicted molar refractivity (Wildman–Crippen MR) is 89.0 cm³/mol. The number of hydrogen-bond donors (Lipinski definition) is 1. The van der Waals surface area contributed by atoms with E-state index in [4.69, 9.17) is 10.5 Å². The first-order valence-electron chi connectivity index (χ1n) is 7.30. The molecule has 24 heavy (non-hydrogen) atoms. The van der Waals surface area contributed by atoms with Crippen LogP contribution in [-0.4, -0.2) is 40.4 Å². The van der Waals surface area contributed by atoms with Crippen LogP contribution in [0.1, 0.15) is 26.5 Å². The Labute approximate surface area is 142 Å². The summed E-state index contributed by atoms with van der Waals surface area (Å²) in [6.45, 7) is 0.942. The smallest absolute Gasteiger partial charge is 0.338 e. The van der Waals surface area contributed by atoms with Crippen molar-refractivity contribution in [3.63, 3.8) is 0 Å². The van der Waals surface area contributed by atoms with Crippen LogP contribution < -0.4 is 5.73 Å². The number of carbonyl (C=O) groups is 2. The lowest BCUT2D eigenvalue weighted by atomic mass is 10.0. The molecule has 0 unspecified atom stereocenters. The van der Waals surface area contributed by atoms with Gasteiger partial charge in [0.2, 0.25) is 0 Å². The highest BCUT2D eigenvalue weighted by Crippen LogP contribution is 2.30. The molecule has 0 bridgehead atoms. The van der Waals surface area contributed by atoms with Crippen LogP contribution in [0.25, 0.3) is 5.57 Å². The van der Waals surface area contributed by atoms with E-state index in [2.05, 4.69) is 9.97 Å². The van der Waals surface area contributed by atoms with E-state index in [9.17, 15) is 9.59 Å². The highest BCUT2D eigenvalue weighted by Gasteiger charge is 2.28. The molecule has 0 saturated carbocycles. The molecule has 0 spiro atoms. The highest BCUT2D eigenvalue weighted by molar-refractivity contribution is 7.10. The summed E-state index contributed by atoms with van der Waals surface area (Å²) >= 11 is 1.46. The maximum atomic E-state index is 12.8. The average molecular weight is 344 g/mol. The molecular weight excluding hydrogens is 328 g/mol. The molecule has 0 aliphatic carbocycles. The summed E-state index contributed by atoms with van der Waals surface area (Å²) in [4.78, 5) is 35.3. The van der Waals surface area contributed by atoms with Gasteiger partial charge in [-0.2, -0.15) is 0 Å². The number of fused-ring (bicyclic) bond motifs is 1. The Balaban J connectivity index is 1.81. The Morgan fingerprint density at radius 3 is 2.92 bits per heavy atom. The normalized spacial score (nSPS) is 14.2. The SMILES string of the molecule is COC(=O)c1csc2c1CCN(C(=O)/C(=C/N)c1cnccn1)C2. The number of carbonyl (C=O) groups excluding carboxylic acids is 2. The molecule has 0 radical (unpaired) electrons. The van der Waals surface area contributed by atoms with Gasteiger partial charge in [0, 0.05) is 35.4 Å². The van der Waals surface area contributed by atoms with Crippen molar-refractivity contribution in [2.45, 2.75) is 13.0 Å². The second-order valence-electron chi connectivity index (χ2n) is 5.19. The number of nitrogens with two attached hydrogens (primary N) is 1. The molecule has 0 saturated heterocycles. The number of rotatable bonds is 3. The Hall–Kier alpha value is -2.74. The first-order valence-corrected chi connectivity index (χ1v) is 8.18. The molecule has 1 aliphatic heterocycles. The van der Waals surface area contributed by atoms with Gasteiger partial charge in [0.1, 0.15) is 0 Å². The topological polar surface area (TPSA) is 98.4 Å². The first kappa shape index (κ1) is 16.1. The first-order chi connectivity index (χ1) is 11.7. The summed E-state index contributed by atoms with van der Waals surface area (Å²) in [6.07, 6.45) is 6.42. The number of ether oxygens (including phenoxy) is 1. The van der Waals surface area contributed by atoms with Crippen molar-refractivity contribution in [3.05, 3.63) is 51.9 Å². The maximum Gasteiger partial charge on any atom is 0.338 e. The highest BCUT2D eigenvalue weighted by atomic mass is 32.1. The summed E-state index contributed by atoms with van der Waals surface area (Å²) in [5.74, 6) is -0.536. The van der Waals surface area contributed by atoms with E-state index in [0.29, 0.717) is 36.3 Å². The fraction of sp³-hybridized carbons (Fsp3) is 0.250. The molecule has 1 amide bonds. The third kappa shape index (κ3) is 2.88. The van der Waals surface area contributed by atoms with Crippen LogP contribution >= 0.6 is 11.3 Å². The van der Waals surface area contributed by atoms with Crippen LogP contribution in [0, 0.1) is 0 Å². The minimum absolute atomic E-state index is 0.198. The third-order valence-electron chi connectivity index (χ3n) is 3.88. The molecule has 7 nitrogen and oxygen atoms in total. The summed E-state index contributed by atoms with van der Waals surface area (Å²) in [7, 11) is 1.37. The van der Waals surface area contributed by atoms with Crippen molar-refractivity contribution >= 4 is 28.8 Å². The molecule has 1 aliphatic rings. The third-order valence-corrected chi connectivity index (χ3v) is 4.89. The second-order valence-corrected chi connectivity index (χ2v) is 6.15. The molecule has 2 aromatic heterocycles. The Morgan fingerprint density at radius 2 is 2.25 bits per heavy atom. The van der Waals surface area contributed by atoms with Crippen molar-refractivity contribution < 1.29 is 14.3 Å². The van der Waals surface area contributed by atoms with Gasteiger partial charge in [0.15, 0.2) is 0 Å². The standard InChI is InChI=1S/C16H16N4O3S/c1-23-16(22)12-9-24-14-8-20(5-2-10(12)14)15(21)11(6-17)13-7-18-3-4-19-13/h3-4,6-7,9H,2,5,8,17H2,1H3/b11-6+. The van der Waals surface area contributed by atoms with Gasteiger partial charge in [-0.25, -0.2) is 4.79 Å². The van der Waals surface area contributed by atoms with Crippen LogP contribution in [-0.2, 0) is 22.5 Å². The fourth-order valence-corrected chi connectivity index (χ4v) is 3.74. The largest absolute Gasteiger partial charge is 0.465 e. The molecular formula is C16H16N4O3S. The van der Waals surface area contributed by atoms with E-state index in [-0.39, 0.29) is 11.9 Å².